The van der Waals surface area contributed by atoms with Crippen LogP contribution in [0.15, 0.2) is 24.3 Å². The molecule has 0 radical (unpaired) electrons. The molecule has 1 aromatic carbocycles. The summed E-state index contributed by atoms with van der Waals surface area (Å²) in [4.78, 5) is 2.84. The van der Waals surface area contributed by atoms with Gasteiger partial charge >= 0.3 is 0 Å². The van der Waals surface area contributed by atoms with Gasteiger partial charge in [-0.05, 0) is 31.3 Å². The van der Waals surface area contributed by atoms with Crippen molar-refractivity contribution in [2.24, 2.45) is 0 Å². The molecule has 1 aromatic heterocycles. The summed E-state index contributed by atoms with van der Waals surface area (Å²) in [6, 6.07) is 2.54. The number of H-pyrrole nitrogens is 1. The van der Waals surface area contributed by atoms with Gasteiger partial charge in [0.25, 0.3) is 0 Å². The van der Waals surface area contributed by atoms with Crippen LogP contribution in [0.4, 0.5) is 8.78 Å². The van der Waals surface area contributed by atoms with Crippen LogP contribution in [0.2, 0.25) is 0 Å². The molecule has 2 rings (SSSR count). The first-order valence-corrected chi connectivity index (χ1v) is 6.20. The molecule has 102 valence electrons. The highest BCUT2D eigenvalue weighted by molar-refractivity contribution is 7.71. The van der Waals surface area contributed by atoms with Crippen molar-refractivity contribution in [3.05, 3.63) is 40.7 Å². The third-order valence-electron chi connectivity index (χ3n) is 2.63. The van der Waals surface area contributed by atoms with Crippen LogP contribution in [-0.4, -0.2) is 22.8 Å². The summed E-state index contributed by atoms with van der Waals surface area (Å²) in [5.74, 6) is -1.79. The zero-order valence-electron chi connectivity index (χ0n) is 10.5. The van der Waals surface area contributed by atoms with Gasteiger partial charge in [0.2, 0.25) is 0 Å². The summed E-state index contributed by atoms with van der Waals surface area (Å²) in [6.07, 6.45) is 0. The topological polar surface area (TPSA) is 29.9 Å². The fraction of sp³-hybridized carbons (Fsp3) is 0.308. The number of nitrogens with one attached hydrogen (secondary N) is 1. The van der Waals surface area contributed by atoms with Gasteiger partial charge in [0, 0.05) is 6.54 Å². The highest BCUT2D eigenvalue weighted by atomic mass is 32.1. The summed E-state index contributed by atoms with van der Waals surface area (Å²) in [5.41, 5.74) is 1.52. The molecule has 2 aromatic rings. The molecule has 1 N–H and O–H groups in total. The van der Waals surface area contributed by atoms with E-state index >= 15 is 0 Å². The lowest BCUT2D eigenvalue weighted by atomic mass is 10.3. The summed E-state index contributed by atoms with van der Waals surface area (Å²) in [6.45, 7) is 6.71. The zero-order valence-corrected chi connectivity index (χ0v) is 11.3. The lowest BCUT2D eigenvalue weighted by Crippen LogP contribution is -2.08. The molecule has 0 unspecified atom stereocenters. The lowest BCUT2D eigenvalue weighted by Gasteiger charge is -2.06. The molecule has 0 saturated heterocycles. The van der Waals surface area contributed by atoms with E-state index in [9.17, 15) is 8.78 Å². The summed E-state index contributed by atoms with van der Waals surface area (Å²) < 4.78 is 34.2. The van der Waals surface area contributed by atoms with Crippen molar-refractivity contribution >= 4 is 23.3 Å². The monoisotopic (exact) mass is 284 g/mol. The van der Waals surface area contributed by atoms with Crippen molar-refractivity contribution in [1.29, 1.82) is 0 Å². The molecule has 19 heavy (non-hydrogen) atoms. The Morgan fingerprint density at radius 2 is 2.21 bits per heavy atom. The quantitative estimate of drug-likeness (QED) is 0.517. The Balaban J connectivity index is 2.27. The smallest absolute Gasteiger partial charge is 0.184 e. The second kappa shape index (κ2) is 5.63. The Labute approximate surface area is 114 Å². The van der Waals surface area contributed by atoms with Crippen molar-refractivity contribution < 1.29 is 13.5 Å². The number of hydrogen-bond acceptors (Lipinski definition) is 2. The van der Waals surface area contributed by atoms with Gasteiger partial charge in [-0.3, -0.25) is 0 Å². The number of aromatic nitrogens is 2. The predicted molar refractivity (Wildman–Crippen MR) is 72.7 cm³/mol. The third kappa shape index (κ3) is 2.90. The van der Waals surface area contributed by atoms with Crippen molar-refractivity contribution in [3.63, 3.8) is 0 Å². The maximum atomic E-state index is 13.8. The molecule has 0 amide bonds. The van der Waals surface area contributed by atoms with Crippen molar-refractivity contribution in [3.8, 4) is 0 Å². The van der Waals surface area contributed by atoms with E-state index in [0.29, 0.717) is 30.0 Å². The standard InChI is InChI=1S/C13H14F2N2OS/c1-8(2)7-18-6-5-17-12-10(16-13(17)19)4-3-9(14)11(12)15/h3-4H,1,5-7H2,2H3,(H,16,19). The number of imidazole rings is 1. The first-order valence-electron chi connectivity index (χ1n) is 5.79. The molecule has 0 atom stereocenters. The zero-order chi connectivity index (χ0) is 14.0. The molecule has 0 saturated carbocycles. The van der Waals surface area contributed by atoms with Crippen LogP contribution in [-0.2, 0) is 11.3 Å². The number of hydrogen-bond donors (Lipinski definition) is 1. The second-order valence-electron chi connectivity index (χ2n) is 4.35. The molecule has 0 aliphatic rings. The van der Waals surface area contributed by atoms with Crippen LogP contribution in [0, 0.1) is 16.4 Å². The van der Waals surface area contributed by atoms with Crippen LogP contribution < -0.4 is 0 Å². The molecule has 6 heteroatoms. The van der Waals surface area contributed by atoms with E-state index in [0.717, 1.165) is 11.6 Å². The third-order valence-corrected chi connectivity index (χ3v) is 2.96. The molecule has 0 aliphatic heterocycles. The number of aromatic amines is 1. The van der Waals surface area contributed by atoms with Gasteiger partial charge in [0.1, 0.15) is 5.52 Å². The number of fused-ring (bicyclic) bond motifs is 1. The first-order chi connectivity index (χ1) is 9.00. The minimum absolute atomic E-state index is 0.143. The van der Waals surface area contributed by atoms with Gasteiger partial charge in [-0.1, -0.05) is 12.2 Å². The van der Waals surface area contributed by atoms with Crippen molar-refractivity contribution in [2.75, 3.05) is 13.2 Å². The second-order valence-corrected chi connectivity index (χ2v) is 4.74. The van der Waals surface area contributed by atoms with Crippen LogP contribution >= 0.6 is 12.2 Å². The van der Waals surface area contributed by atoms with Gasteiger partial charge in [0.05, 0.1) is 18.7 Å². The van der Waals surface area contributed by atoms with Gasteiger partial charge in [-0.25, -0.2) is 8.78 Å². The predicted octanol–water partition coefficient (Wildman–Crippen LogP) is 3.57. The molecule has 0 aliphatic carbocycles. The maximum Gasteiger partial charge on any atom is 0.184 e. The number of halogens is 2. The largest absolute Gasteiger partial charge is 0.375 e. The molecule has 0 bridgehead atoms. The van der Waals surface area contributed by atoms with Crippen LogP contribution in [0.5, 0.6) is 0 Å². The van der Waals surface area contributed by atoms with E-state index in [1.165, 1.54) is 10.6 Å². The van der Waals surface area contributed by atoms with E-state index < -0.39 is 11.6 Å². The number of ether oxygens (including phenoxy) is 1. The van der Waals surface area contributed by atoms with Gasteiger partial charge in [-0.2, -0.15) is 0 Å². The number of rotatable bonds is 5. The highest BCUT2D eigenvalue weighted by Crippen LogP contribution is 2.20. The van der Waals surface area contributed by atoms with Gasteiger partial charge in [-0.15, -0.1) is 0 Å². The molecule has 1 heterocycles. The Kier molecular flexibility index (Phi) is 4.11. The van der Waals surface area contributed by atoms with Crippen LogP contribution in [0.25, 0.3) is 11.0 Å². The minimum Gasteiger partial charge on any atom is -0.375 e. The molecule has 0 spiro atoms. The Hall–Kier alpha value is -1.53. The average molecular weight is 284 g/mol. The summed E-state index contributed by atoms with van der Waals surface area (Å²) in [5, 5.41) is 0. The van der Waals surface area contributed by atoms with Crippen molar-refractivity contribution in [1.82, 2.24) is 9.55 Å². The number of nitrogens with zero attached hydrogens (tertiary/aromatic N) is 1. The number of benzene rings is 1. The van der Waals surface area contributed by atoms with Crippen molar-refractivity contribution in [2.45, 2.75) is 13.5 Å². The fourth-order valence-electron chi connectivity index (χ4n) is 1.80. The Morgan fingerprint density at radius 3 is 2.89 bits per heavy atom. The fourth-order valence-corrected chi connectivity index (χ4v) is 2.10. The Morgan fingerprint density at radius 1 is 1.47 bits per heavy atom. The highest BCUT2D eigenvalue weighted by Gasteiger charge is 2.13. The molecule has 0 fully saturated rings. The SMILES string of the molecule is C=C(C)COCCn1c(=S)[nH]c2ccc(F)c(F)c21. The average Bonchev–Trinajstić information content (AvgIpc) is 2.66. The first kappa shape index (κ1) is 13.9. The Bertz CT molecular complexity index is 675. The van der Waals surface area contributed by atoms with E-state index in [-0.39, 0.29) is 5.52 Å². The van der Waals surface area contributed by atoms with E-state index in [1.54, 1.807) is 0 Å². The maximum absolute atomic E-state index is 13.8. The molecular formula is C13H14F2N2OS. The lowest BCUT2D eigenvalue weighted by molar-refractivity contribution is 0.148. The van der Waals surface area contributed by atoms with Crippen LogP contribution in [0.3, 0.4) is 0 Å². The van der Waals surface area contributed by atoms with E-state index in [2.05, 4.69) is 11.6 Å². The summed E-state index contributed by atoms with van der Waals surface area (Å²) in [7, 11) is 0. The van der Waals surface area contributed by atoms with E-state index in [4.69, 9.17) is 17.0 Å². The summed E-state index contributed by atoms with van der Waals surface area (Å²) >= 11 is 5.10. The molecule has 3 nitrogen and oxygen atoms in total. The van der Waals surface area contributed by atoms with Gasteiger partial charge < -0.3 is 14.3 Å². The van der Waals surface area contributed by atoms with Gasteiger partial charge in [0.15, 0.2) is 16.4 Å². The normalized spacial score (nSPS) is 11.1. The van der Waals surface area contributed by atoms with E-state index in [1.807, 2.05) is 6.92 Å². The molecular weight excluding hydrogens is 270 g/mol. The minimum atomic E-state index is -0.898. The van der Waals surface area contributed by atoms with Crippen LogP contribution in [0.1, 0.15) is 6.92 Å².